The van der Waals surface area contributed by atoms with Gasteiger partial charge in [0.25, 0.3) is 0 Å². The third-order valence-electron chi connectivity index (χ3n) is 3.90. The number of benzene rings is 1. The molecule has 0 spiro atoms. The molecule has 1 heterocycles. The Balaban J connectivity index is 2.01. The van der Waals surface area contributed by atoms with Crippen LogP contribution in [0.25, 0.3) is 6.08 Å². The Bertz CT molecular complexity index is 803. The largest absolute Gasteiger partial charge is 0.490 e. The van der Waals surface area contributed by atoms with Crippen LogP contribution in [0.1, 0.15) is 31.4 Å². The number of anilines is 1. The van der Waals surface area contributed by atoms with Crippen molar-refractivity contribution < 1.29 is 14.3 Å². The SMILES string of the molecule is CCCOc1ccc(/C=C/C(=O)NCc2cccnc2N(C)C)cc1OCC. The molecule has 0 saturated carbocycles. The maximum Gasteiger partial charge on any atom is 0.244 e. The molecule has 0 atom stereocenters. The molecule has 0 fully saturated rings. The Morgan fingerprint density at radius 3 is 2.71 bits per heavy atom. The van der Waals surface area contributed by atoms with Gasteiger partial charge in [-0.05, 0) is 43.2 Å². The van der Waals surface area contributed by atoms with Gasteiger partial charge in [0.1, 0.15) is 5.82 Å². The molecule has 6 heteroatoms. The lowest BCUT2D eigenvalue weighted by Crippen LogP contribution is -2.22. The molecular weight excluding hydrogens is 354 g/mol. The average Bonchev–Trinajstić information content (AvgIpc) is 2.70. The number of ether oxygens (including phenoxy) is 2. The van der Waals surface area contributed by atoms with E-state index < -0.39 is 0 Å². The summed E-state index contributed by atoms with van der Waals surface area (Å²) in [6.07, 6.45) is 5.95. The Kier molecular flexibility index (Phi) is 8.34. The second-order valence-electron chi connectivity index (χ2n) is 6.42. The highest BCUT2D eigenvalue weighted by atomic mass is 16.5. The van der Waals surface area contributed by atoms with E-state index in [0.717, 1.165) is 29.1 Å². The van der Waals surface area contributed by atoms with Crippen molar-refractivity contribution in [2.75, 3.05) is 32.2 Å². The quantitative estimate of drug-likeness (QED) is 0.634. The highest BCUT2D eigenvalue weighted by Crippen LogP contribution is 2.29. The van der Waals surface area contributed by atoms with Gasteiger partial charge in [-0.1, -0.05) is 19.1 Å². The summed E-state index contributed by atoms with van der Waals surface area (Å²) in [6.45, 7) is 5.60. The standard InChI is InChI=1S/C22H29N3O3/c1-5-14-28-19-11-9-17(15-20(19)27-6-2)10-12-21(26)24-16-18-8-7-13-23-22(18)25(3)4/h7-13,15H,5-6,14,16H2,1-4H3,(H,24,26)/b12-10+. The van der Waals surface area contributed by atoms with Gasteiger partial charge < -0.3 is 19.7 Å². The molecule has 0 aliphatic carbocycles. The Morgan fingerprint density at radius 2 is 2.00 bits per heavy atom. The normalized spacial score (nSPS) is 10.7. The van der Waals surface area contributed by atoms with Gasteiger partial charge in [-0.15, -0.1) is 0 Å². The van der Waals surface area contributed by atoms with Gasteiger partial charge in [0.2, 0.25) is 5.91 Å². The second-order valence-corrected chi connectivity index (χ2v) is 6.42. The van der Waals surface area contributed by atoms with Crippen molar-refractivity contribution in [2.24, 2.45) is 0 Å². The van der Waals surface area contributed by atoms with Crippen molar-refractivity contribution >= 4 is 17.8 Å². The molecule has 2 aromatic rings. The molecule has 1 aromatic carbocycles. The van der Waals surface area contributed by atoms with E-state index in [-0.39, 0.29) is 5.91 Å². The highest BCUT2D eigenvalue weighted by molar-refractivity contribution is 5.91. The van der Waals surface area contributed by atoms with E-state index in [0.29, 0.717) is 25.5 Å². The minimum absolute atomic E-state index is 0.169. The van der Waals surface area contributed by atoms with Crippen molar-refractivity contribution in [1.82, 2.24) is 10.3 Å². The van der Waals surface area contributed by atoms with E-state index in [4.69, 9.17) is 9.47 Å². The van der Waals surface area contributed by atoms with Crippen LogP contribution in [0.4, 0.5) is 5.82 Å². The summed E-state index contributed by atoms with van der Waals surface area (Å²) in [5.74, 6) is 2.08. The van der Waals surface area contributed by atoms with E-state index in [1.165, 1.54) is 6.08 Å². The van der Waals surface area contributed by atoms with Crippen molar-refractivity contribution in [2.45, 2.75) is 26.8 Å². The monoisotopic (exact) mass is 383 g/mol. The first-order valence-corrected chi connectivity index (χ1v) is 9.51. The van der Waals surface area contributed by atoms with E-state index in [2.05, 4.69) is 17.2 Å². The van der Waals surface area contributed by atoms with Gasteiger partial charge in [0.15, 0.2) is 11.5 Å². The summed E-state index contributed by atoms with van der Waals surface area (Å²) in [5.41, 5.74) is 1.84. The third kappa shape index (κ3) is 6.30. The average molecular weight is 383 g/mol. The fourth-order valence-corrected chi connectivity index (χ4v) is 2.61. The number of pyridine rings is 1. The molecular formula is C22H29N3O3. The van der Waals surface area contributed by atoms with Crippen LogP contribution in [0, 0.1) is 0 Å². The topological polar surface area (TPSA) is 63.7 Å². The molecule has 0 saturated heterocycles. The van der Waals surface area contributed by atoms with Crippen molar-refractivity contribution in [3.63, 3.8) is 0 Å². The number of amides is 1. The first kappa shape index (κ1) is 21.3. The highest BCUT2D eigenvalue weighted by Gasteiger charge is 2.07. The Labute approximate surface area is 167 Å². The van der Waals surface area contributed by atoms with Crippen LogP contribution < -0.4 is 19.7 Å². The van der Waals surface area contributed by atoms with Crippen LogP contribution in [0.5, 0.6) is 11.5 Å². The predicted molar refractivity (Wildman–Crippen MR) is 113 cm³/mol. The molecule has 0 unspecified atom stereocenters. The van der Waals surface area contributed by atoms with E-state index in [1.807, 2.05) is 56.3 Å². The van der Waals surface area contributed by atoms with Gasteiger partial charge >= 0.3 is 0 Å². The molecule has 1 amide bonds. The number of nitrogens with zero attached hydrogens (tertiary/aromatic N) is 2. The summed E-state index contributed by atoms with van der Waals surface area (Å²) in [4.78, 5) is 18.5. The summed E-state index contributed by atoms with van der Waals surface area (Å²) in [7, 11) is 3.86. The molecule has 1 aromatic heterocycles. The lowest BCUT2D eigenvalue weighted by molar-refractivity contribution is -0.116. The van der Waals surface area contributed by atoms with Crippen LogP contribution in [0.3, 0.4) is 0 Å². The fraction of sp³-hybridized carbons (Fsp3) is 0.364. The Hall–Kier alpha value is -3.02. The summed E-state index contributed by atoms with van der Waals surface area (Å²) < 4.78 is 11.4. The fourth-order valence-electron chi connectivity index (χ4n) is 2.61. The number of hydrogen-bond acceptors (Lipinski definition) is 5. The second kappa shape index (κ2) is 11.0. The number of carbonyl (C=O) groups is 1. The minimum atomic E-state index is -0.169. The number of carbonyl (C=O) groups excluding carboxylic acids is 1. The number of aromatic nitrogens is 1. The maximum atomic E-state index is 12.2. The number of rotatable bonds is 10. The molecule has 150 valence electrons. The lowest BCUT2D eigenvalue weighted by atomic mass is 10.2. The Morgan fingerprint density at radius 1 is 1.18 bits per heavy atom. The zero-order valence-electron chi connectivity index (χ0n) is 17.1. The summed E-state index contributed by atoms with van der Waals surface area (Å²) in [6, 6.07) is 9.47. The summed E-state index contributed by atoms with van der Waals surface area (Å²) >= 11 is 0. The van der Waals surface area contributed by atoms with Crippen LogP contribution >= 0.6 is 0 Å². The first-order chi connectivity index (χ1) is 13.5. The van der Waals surface area contributed by atoms with Gasteiger partial charge in [0, 0.05) is 38.5 Å². The molecule has 0 bridgehead atoms. The molecule has 0 radical (unpaired) electrons. The lowest BCUT2D eigenvalue weighted by Gasteiger charge is -2.15. The zero-order chi connectivity index (χ0) is 20.4. The third-order valence-corrected chi connectivity index (χ3v) is 3.90. The van der Waals surface area contributed by atoms with Crippen molar-refractivity contribution in [3.05, 3.63) is 53.7 Å². The van der Waals surface area contributed by atoms with Crippen LogP contribution in [0.2, 0.25) is 0 Å². The number of nitrogens with one attached hydrogen (secondary N) is 1. The number of hydrogen-bond donors (Lipinski definition) is 1. The van der Waals surface area contributed by atoms with E-state index in [9.17, 15) is 4.79 Å². The maximum absolute atomic E-state index is 12.2. The molecule has 0 aliphatic heterocycles. The van der Waals surface area contributed by atoms with Gasteiger partial charge in [-0.25, -0.2) is 4.98 Å². The zero-order valence-corrected chi connectivity index (χ0v) is 17.1. The van der Waals surface area contributed by atoms with E-state index >= 15 is 0 Å². The van der Waals surface area contributed by atoms with Crippen molar-refractivity contribution in [1.29, 1.82) is 0 Å². The molecule has 0 aliphatic rings. The summed E-state index contributed by atoms with van der Waals surface area (Å²) in [5, 5.41) is 2.90. The van der Waals surface area contributed by atoms with E-state index in [1.54, 1.807) is 12.3 Å². The molecule has 2 rings (SSSR count). The van der Waals surface area contributed by atoms with Crippen LogP contribution in [-0.2, 0) is 11.3 Å². The van der Waals surface area contributed by atoms with Gasteiger partial charge in [-0.3, -0.25) is 4.79 Å². The van der Waals surface area contributed by atoms with Crippen LogP contribution in [-0.4, -0.2) is 38.2 Å². The van der Waals surface area contributed by atoms with Gasteiger partial charge in [0.05, 0.1) is 13.2 Å². The molecule has 6 nitrogen and oxygen atoms in total. The smallest absolute Gasteiger partial charge is 0.244 e. The van der Waals surface area contributed by atoms with Crippen LogP contribution in [0.15, 0.2) is 42.6 Å². The molecule has 1 N–H and O–H groups in total. The minimum Gasteiger partial charge on any atom is -0.490 e. The first-order valence-electron chi connectivity index (χ1n) is 9.51. The predicted octanol–water partition coefficient (Wildman–Crippen LogP) is 3.66. The molecule has 28 heavy (non-hydrogen) atoms. The van der Waals surface area contributed by atoms with Gasteiger partial charge in [-0.2, -0.15) is 0 Å². The van der Waals surface area contributed by atoms with Crippen molar-refractivity contribution in [3.8, 4) is 11.5 Å².